The van der Waals surface area contributed by atoms with Gasteiger partial charge in [-0.1, -0.05) is 24.6 Å². The Kier molecular flexibility index (Phi) is 7.95. The minimum atomic E-state index is -0.687. The van der Waals surface area contributed by atoms with Gasteiger partial charge in [0.2, 0.25) is 5.91 Å². The highest BCUT2D eigenvalue weighted by molar-refractivity contribution is 5.95. The molecule has 1 saturated heterocycles. The molecule has 0 spiro atoms. The average Bonchev–Trinajstić information content (AvgIpc) is 3.06. The number of methoxy groups -OCH3 is 1. The van der Waals surface area contributed by atoms with E-state index in [2.05, 4.69) is 10.2 Å². The molecule has 1 N–H and O–H groups in total. The number of hydrogen-bond donors (Lipinski definition) is 1. The van der Waals surface area contributed by atoms with E-state index in [4.69, 9.17) is 9.47 Å². The lowest BCUT2D eigenvalue weighted by molar-refractivity contribution is -0.139. The van der Waals surface area contributed by atoms with Crippen molar-refractivity contribution in [2.75, 3.05) is 53.5 Å². The summed E-state index contributed by atoms with van der Waals surface area (Å²) in [6, 6.07) is 6.38. The quantitative estimate of drug-likeness (QED) is 0.598. The Balaban J connectivity index is 1.62. The lowest BCUT2D eigenvalue weighted by Gasteiger charge is -2.37. The zero-order valence-electron chi connectivity index (χ0n) is 20.9. The van der Waals surface area contributed by atoms with Crippen molar-refractivity contribution in [3.05, 3.63) is 41.1 Å². The number of benzene rings is 1. The summed E-state index contributed by atoms with van der Waals surface area (Å²) in [4.78, 5) is 44.7. The lowest BCUT2D eigenvalue weighted by Crippen LogP contribution is -2.49. The van der Waals surface area contributed by atoms with E-state index in [0.29, 0.717) is 42.2 Å². The maximum Gasteiger partial charge on any atom is 0.338 e. The van der Waals surface area contributed by atoms with Crippen LogP contribution in [0.15, 0.2) is 35.5 Å². The molecule has 9 heteroatoms. The standard InChI is InChI=1S/C26H36N4O5/c1-4-35-25(32)22-20(17-29-13-8-14-30(16-15-29)24(31)18-9-7-10-18)28(2)26(33)27-23(22)19-11-5-6-12-21(19)34-3/h5-6,11-12,18,23H,4,7-10,13-17H2,1-3H3,(H,27,33)/t23-/m1/s1. The van der Waals surface area contributed by atoms with Gasteiger partial charge < -0.3 is 19.7 Å². The normalized spacial score (nSPS) is 21.8. The van der Waals surface area contributed by atoms with Crippen molar-refractivity contribution in [1.29, 1.82) is 0 Å². The highest BCUT2D eigenvalue weighted by atomic mass is 16.5. The fourth-order valence-electron chi connectivity index (χ4n) is 5.01. The van der Waals surface area contributed by atoms with E-state index >= 15 is 0 Å². The summed E-state index contributed by atoms with van der Waals surface area (Å²) < 4.78 is 11.0. The summed E-state index contributed by atoms with van der Waals surface area (Å²) in [7, 11) is 3.24. The van der Waals surface area contributed by atoms with E-state index in [1.807, 2.05) is 29.2 Å². The van der Waals surface area contributed by atoms with Crippen LogP contribution in [0.25, 0.3) is 0 Å². The van der Waals surface area contributed by atoms with Gasteiger partial charge in [-0.05, 0) is 32.3 Å². The van der Waals surface area contributed by atoms with Gasteiger partial charge in [-0.2, -0.15) is 0 Å². The van der Waals surface area contributed by atoms with Gasteiger partial charge in [0.1, 0.15) is 5.75 Å². The molecule has 2 aliphatic heterocycles. The molecule has 0 radical (unpaired) electrons. The molecule has 2 fully saturated rings. The molecule has 2 heterocycles. The Morgan fingerprint density at radius 1 is 1.09 bits per heavy atom. The first kappa shape index (κ1) is 25.0. The number of para-hydroxylation sites is 1. The molecule has 190 valence electrons. The monoisotopic (exact) mass is 484 g/mol. The highest BCUT2D eigenvalue weighted by Crippen LogP contribution is 2.36. The smallest absolute Gasteiger partial charge is 0.338 e. The number of rotatable bonds is 7. The molecule has 1 atom stereocenters. The second kappa shape index (κ2) is 11.1. The molecule has 1 saturated carbocycles. The SMILES string of the molecule is CCOC(=O)C1=C(CN2CCCN(C(=O)C3CCC3)CC2)N(C)C(=O)N[C@@H]1c1ccccc1OC. The molecule has 4 rings (SSSR count). The number of esters is 1. The molecule has 9 nitrogen and oxygen atoms in total. The predicted octanol–water partition coefficient (Wildman–Crippen LogP) is 2.54. The van der Waals surface area contributed by atoms with Crippen LogP contribution in [0, 0.1) is 5.92 Å². The predicted molar refractivity (Wildman–Crippen MR) is 131 cm³/mol. The first-order valence-corrected chi connectivity index (χ1v) is 12.5. The Hall–Kier alpha value is -3.07. The van der Waals surface area contributed by atoms with E-state index in [-0.39, 0.29) is 24.5 Å². The zero-order chi connectivity index (χ0) is 24.9. The van der Waals surface area contributed by atoms with E-state index in [0.717, 1.165) is 38.8 Å². The van der Waals surface area contributed by atoms with Crippen LogP contribution < -0.4 is 10.1 Å². The number of urea groups is 1. The average molecular weight is 485 g/mol. The van der Waals surface area contributed by atoms with E-state index in [1.165, 1.54) is 4.90 Å². The minimum Gasteiger partial charge on any atom is -0.496 e. The Morgan fingerprint density at radius 3 is 2.54 bits per heavy atom. The van der Waals surface area contributed by atoms with Crippen molar-refractivity contribution >= 4 is 17.9 Å². The van der Waals surface area contributed by atoms with Gasteiger partial charge in [-0.15, -0.1) is 0 Å². The van der Waals surface area contributed by atoms with Crippen LogP contribution in [0.3, 0.4) is 0 Å². The lowest BCUT2D eigenvalue weighted by atomic mass is 9.84. The summed E-state index contributed by atoms with van der Waals surface area (Å²) in [6.07, 6.45) is 3.99. The third-order valence-corrected chi connectivity index (χ3v) is 7.25. The van der Waals surface area contributed by atoms with Crippen LogP contribution >= 0.6 is 0 Å². The molecule has 1 aromatic carbocycles. The fraction of sp³-hybridized carbons (Fsp3) is 0.577. The minimum absolute atomic E-state index is 0.189. The van der Waals surface area contributed by atoms with Crippen LogP contribution in [0.2, 0.25) is 0 Å². The van der Waals surface area contributed by atoms with Crippen LogP contribution in [0.4, 0.5) is 4.79 Å². The van der Waals surface area contributed by atoms with Crippen molar-refractivity contribution in [2.45, 2.75) is 38.6 Å². The van der Waals surface area contributed by atoms with Gasteiger partial charge in [0.25, 0.3) is 0 Å². The summed E-state index contributed by atoms with van der Waals surface area (Å²) in [5.41, 5.74) is 1.72. The molecule has 35 heavy (non-hydrogen) atoms. The maximum atomic E-state index is 13.2. The summed E-state index contributed by atoms with van der Waals surface area (Å²) >= 11 is 0. The number of carbonyl (C=O) groups excluding carboxylic acids is 3. The number of hydrogen-bond acceptors (Lipinski definition) is 6. The van der Waals surface area contributed by atoms with Gasteiger partial charge in [0.15, 0.2) is 0 Å². The summed E-state index contributed by atoms with van der Waals surface area (Å²) in [6.45, 7) is 5.28. The van der Waals surface area contributed by atoms with Crippen molar-refractivity contribution in [3.63, 3.8) is 0 Å². The number of nitrogens with one attached hydrogen (secondary N) is 1. The first-order valence-electron chi connectivity index (χ1n) is 12.5. The molecular formula is C26H36N4O5. The number of ether oxygens (including phenoxy) is 2. The van der Waals surface area contributed by atoms with E-state index in [9.17, 15) is 14.4 Å². The molecule has 0 bridgehead atoms. The molecule has 1 aromatic rings. The number of likely N-dealkylation sites (N-methyl/N-ethyl adjacent to an activating group) is 1. The third-order valence-electron chi connectivity index (χ3n) is 7.25. The van der Waals surface area contributed by atoms with Gasteiger partial charge in [0, 0.05) is 56.9 Å². The van der Waals surface area contributed by atoms with Crippen molar-refractivity contribution in [2.24, 2.45) is 5.92 Å². The second-order valence-electron chi connectivity index (χ2n) is 9.35. The van der Waals surface area contributed by atoms with E-state index < -0.39 is 12.0 Å². The number of amides is 3. The molecule has 0 aromatic heterocycles. The molecule has 1 aliphatic carbocycles. The Labute approximate surface area is 207 Å². The van der Waals surface area contributed by atoms with Crippen LogP contribution in [-0.2, 0) is 14.3 Å². The molecule has 0 unspecified atom stereocenters. The van der Waals surface area contributed by atoms with Crippen molar-refractivity contribution < 1.29 is 23.9 Å². The van der Waals surface area contributed by atoms with Crippen molar-refractivity contribution in [1.82, 2.24) is 20.0 Å². The summed E-state index contributed by atoms with van der Waals surface area (Å²) in [5, 5.41) is 2.95. The zero-order valence-corrected chi connectivity index (χ0v) is 20.9. The van der Waals surface area contributed by atoms with Gasteiger partial charge in [-0.25, -0.2) is 9.59 Å². The molecule has 3 aliphatic rings. The first-order chi connectivity index (χ1) is 16.9. The molecule has 3 amide bonds. The largest absolute Gasteiger partial charge is 0.496 e. The second-order valence-corrected chi connectivity index (χ2v) is 9.35. The maximum absolute atomic E-state index is 13.2. The van der Waals surface area contributed by atoms with Crippen LogP contribution in [0.5, 0.6) is 5.75 Å². The van der Waals surface area contributed by atoms with E-state index in [1.54, 1.807) is 21.1 Å². The van der Waals surface area contributed by atoms with Gasteiger partial charge >= 0.3 is 12.0 Å². The number of nitrogens with zero attached hydrogens (tertiary/aromatic N) is 3. The number of carbonyl (C=O) groups is 3. The van der Waals surface area contributed by atoms with Crippen molar-refractivity contribution in [3.8, 4) is 5.75 Å². The van der Waals surface area contributed by atoms with Crippen LogP contribution in [0.1, 0.15) is 44.2 Å². The van der Waals surface area contributed by atoms with Gasteiger partial charge in [0.05, 0.1) is 25.3 Å². The van der Waals surface area contributed by atoms with Crippen LogP contribution in [-0.4, -0.2) is 86.1 Å². The Bertz CT molecular complexity index is 990. The fourth-order valence-corrected chi connectivity index (χ4v) is 5.01. The Morgan fingerprint density at radius 2 is 1.86 bits per heavy atom. The summed E-state index contributed by atoms with van der Waals surface area (Å²) in [5.74, 6) is 0.592. The third kappa shape index (κ3) is 5.29. The highest BCUT2D eigenvalue weighted by Gasteiger charge is 2.39. The topological polar surface area (TPSA) is 91.4 Å². The molecular weight excluding hydrogens is 448 g/mol. The van der Waals surface area contributed by atoms with Gasteiger partial charge in [-0.3, -0.25) is 14.6 Å².